The maximum absolute atomic E-state index is 9.82. The van der Waals surface area contributed by atoms with E-state index in [4.69, 9.17) is 0 Å². The Balaban J connectivity index is 2.47. The quantitative estimate of drug-likeness (QED) is 0.707. The zero-order valence-electron chi connectivity index (χ0n) is 7.73. The van der Waals surface area contributed by atoms with Crippen LogP contribution in [0.1, 0.15) is 17.9 Å². The molecule has 1 aromatic heterocycles. The maximum Gasteiger partial charge on any atom is 0.103 e. The molecule has 2 unspecified atom stereocenters. The highest BCUT2D eigenvalue weighted by atomic mass is 32.1. The van der Waals surface area contributed by atoms with E-state index in [0.29, 0.717) is 0 Å². The summed E-state index contributed by atoms with van der Waals surface area (Å²) >= 11 is 1.58. The second-order valence-corrected chi connectivity index (χ2v) is 3.93. The minimum atomic E-state index is -0.417. The lowest BCUT2D eigenvalue weighted by molar-refractivity contribution is 0.141. The van der Waals surface area contributed by atoms with Crippen LogP contribution in [0, 0.1) is 0 Å². The molecule has 0 aliphatic rings. The first kappa shape index (κ1) is 10.4. The Bertz CT molecular complexity index is 245. The molecular formula is C10H15NOS. The first-order valence-corrected chi connectivity index (χ1v) is 5.19. The van der Waals surface area contributed by atoms with E-state index < -0.39 is 6.10 Å². The van der Waals surface area contributed by atoms with E-state index in [1.165, 1.54) is 0 Å². The average molecular weight is 197 g/mol. The third-order valence-corrected chi connectivity index (χ3v) is 2.84. The normalized spacial score (nSPS) is 15.2. The SMILES string of the molecule is C=CCNC(C)C(O)c1cccs1. The lowest BCUT2D eigenvalue weighted by Crippen LogP contribution is -2.31. The Labute approximate surface area is 82.9 Å². The molecule has 1 aromatic rings. The van der Waals surface area contributed by atoms with Gasteiger partial charge in [-0.3, -0.25) is 0 Å². The molecule has 0 aliphatic heterocycles. The van der Waals surface area contributed by atoms with Gasteiger partial charge in [-0.05, 0) is 18.4 Å². The van der Waals surface area contributed by atoms with Gasteiger partial charge >= 0.3 is 0 Å². The molecule has 3 heteroatoms. The van der Waals surface area contributed by atoms with Crippen molar-refractivity contribution in [3.63, 3.8) is 0 Å². The van der Waals surface area contributed by atoms with Crippen molar-refractivity contribution in [1.82, 2.24) is 5.32 Å². The lowest BCUT2D eigenvalue weighted by atomic mass is 10.1. The summed E-state index contributed by atoms with van der Waals surface area (Å²) in [6, 6.07) is 3.96. The van der Waals surface area contributed by atoms with Gasteiger partial charge in [0, 0.05) is 17.5 Å². The Kier molecular flexibility index (Phi) is 4.15. The molecule has 0 amide bonds. The van der Waals surface area contributed by atoms with Crippen LogP contribution >= 0.6 is 11.3 Å². The molecule has 0 bridgehead atoms. The van der Waals surface area contributed by atoms with E-state index in [2.05, 4.69) is 11.9 Å². The summed E-state index contributed by atoms with van der Waals surface area (Å²) in [5.74, 6) is 0. The summed E-state index contributed by atoms with van der Waals surface area (Å²) in [5.41, 5.74) is 0. The number of rotatable bonds is 5. The van der Waals surface area contributed by atoms with Crippen LogP contribution in [-0.4, -0.2) is 17.7 Å². The first-order chi connectivity index (χ1) is 6.25. The monoisotopic (exact) mass is 197 g/mol. The van der Waals surface area contributed by atoms with Crippen molar-refractivity contribution < 1.29 is 5.11 Å². The summed E-state index contributed by atoms with van der Waals surface area (Å²) in [4.78, 5) is 1.00. The fraction of sp³-hybridized carbons (Fsp3) is 0.400. The molecule has 2 N–H and O–H groups in total. The number of nitrogens with one attached hydrogen (secondary N) is 1. The minimum absolute atomic E-state index is 0.0663. The minimum Gasteiger partial charge on any atom is -0.386 e. The van der Waals surface area contributed by atoms with Crippen LogP contribution in [0.15, 0.2) is 30.2 Å². The predicted octanol–water partition coefficient (Wildman–Crippen LogP) is 1.95. The molecule has 72 valence electrons. The predicted molar refractivity (Wildman–Crippen MR) is 56.9 cm³/mol. The Hall–Kier alpha value is -0.640. The van der Waals surface area contributed by atoms with E-state index >= 15 is 0 Å². The highest BCUT2D eigenvalue weighted by Crippen LogP contribution is 2.21. The van der Waals surface area contributed by atoms with Crippen LogP contribution in [0.3, 0.4) is 0 Å². The molecule has 2 nitrogen and oxygen atoms in total. The Morgan fingerprint density at radius 3 is 3.08 bits per heavy atom. The van der Waals surface area contributed by atoms with Gasteiger partial charge in [0.1, 0.15) is 6.10 Å². The summed E-state index contributed by atoms with van der Waals surface area (Å²) < 4.78 is 0. The van der Waals surface area contributed by atoms with Gasteiger partial charge in [0.15, 0.2) is 0 Å². The number of hydrogen-bond donors (Lipinski definition) is 2. The van der Waals surface area contributed by atoms with E-state index in [-0.39, 0.29) is 6.04 Å². The average Bonchev–Trinajstić information content (AvgIpc) is 2.65. The molecule has 0 aromatic carbocycles. The van der Waals surface area contributed by atoms with Gasteiger partial charge in [0.05, 0.1) is 0 Å². The van der Waals surface area contributed by atoms with E-state index in [1.54, 1.807) is 17.4 Å². The number of aliphatic hydroxyl groups is 1. The fourth-order valence-electron chi connectivity index (χ4n) is 1.09. The van der Waals surface area contributed by atoms with Gasteiger partial charge in [-0.25, -0.2) is 0 Å². The van der Waals surface area contributed by atoms with Crippen molar-refractivity contribution in [3.8, 4) is 0 Å². The maximum atomic E-state index is 9.82. The van der Waals surface area contributed by atoms with Crippen LogP contribution < -0.4 is 5.32 Å². The highest BCUT2D eigenvalue weighted by Gasteiger charge is 2.15. The van der Waals surface area contributed by atoms with Gasteiger partial charge in [-0.2, -0.15) is 0 Å². The van der Waals surface area contributed by atoms with Gasteiger partial charge in [0.2, 0.25) is 0 Å². The molecule has 1 rings (SSSR count). The van der Waals surface area contributed by atoms with E-state index in [0.717, 1.165) is 11.4 Å². The van der Waals surface area contributed by atoms with Crippen molar-refractivity contribution in [2.24, 2.45) is 0 Å². The van der Waals surface area contributed by atoms with Crippen molar-refractivity contribution >= 4 is 11.3 Å². The zero-order valence-corrected chi connectivity index (χ0v) is 8.55. The van der Waals surface area contributed by atoms with E-state index in [9.17, 15) is 5.11 Å². The van der Waals surface area contributed by atoms with Gasteiger partial charge in [0.25, 0.3) is 0 Å². The van der Waals surface area contributed by atoms with Crippen molar-refractivity contribution in [1.29, 1.82) is 0 Å². The molecule has 0 radical (unpaired) electrons. The molecular weight excluding hydrogens is 182 g/mol. The topological polar surface area (TPSA) is 32.3 Å². The van der Waals surface area contributed by atoms with Crippen molar-refractivity contribution in [2.75, 3.05) is 6.54 Å². The van der Waals surface area contributed by atoms with Crippen molar-refractivity contribution in [3.05, 3.63) is 35.0 Å². The Morgan fingerprint density at radius 2 is 2.54 bits per heavy atom. The second kappa shape index (κ2) is 5.17. The number of thiophene rings is 1. The number of hydrogen-bond acceptors (Lipinski definition) is 3. The first-order valence-electron chi connectivity index (χ1n) is 4.31. The van der Waals surface area contributed by atoms with Crippen LogP contribution in [0.2, 0.25) is 0 Å². The van der Waals surface area contributed by atoms with Crippen LogP contribution in [0.4, 0.5) is 0 Å². The molecule has 0 saturated heterocycles. The molecule has 0 fully saturated rings. The van der Waals surface area contributed by atoms with Crippen LogP contribution in [0.25, 0.3) is 0 Å². The van der Waals surface area contributed by atoms with Gasteiger partial charge in [-0.15, -0.1) is 17.9 Å². The standard InChI is InChI=1S/C10H15NOS/c1-3-6-11-8(2)10(12)9-5-4-7-13-9/h3-5,7-8,10-12H,1,6H2,2H3. The largest absolute Gasteiger partial charge is 0.386 e. The molecule has 0 spiro atoms. The Morgan fingerprint density at radius 1 is 1.77 bits per heavy atom. The lowest BCUT2D eigenvalue weighted by Gasteiger charge is -2.18. The molecule has 2 atom stereocenters. The van der Waals surface area contributed by atoms with Crippen LogP contribution in [0.5, 0.6) is 0 Å². The summed E-state index contributed by atoms with van der Waals surface area (Å²) in [6.07, 6.45) is 1.37. The third-order valence-electron chi connectivity index (χ3n) is 1.89. The third kappa shape index (κ3) is 2.95. The second-order valence-electron chi connectivity index (χ2n) is 2.95. The molecule has 0 aliphatic carbocycles. The summed E-state index contributed by atoms with van der Waals surface area (Å²) in [6.45, 7) is 6.31. The molecule has 13 heavy (non-hydrogen) atoms. The summed E-state index contributed by atoms with van der Waals surface area (Å²) in [5, 5.41) is 14.9. The van der Waals surface area contributed by atoms with Gasteiger partial charge < -0.3 is 10.4 Å². The molecule has 1 heterocycles. The number of aliphatic hydroxyl groups excluding tert-OH is 1. The molecule has 0 saturated carbocycles. The fourth-order valence-corrected chi connectivity index (χ4v) is 1.90. The summed E-state index contributed by atoms with van der Waals surface area (Å²) in [7, 11) is 0. The smallest absolute Gasteiger partial charge is 0.103 e. The zero-order chi connectivity index (χ0) is 9.68. The van der Waals surface area contributed by atoms with Gasteiger partial charge in [-0.1, -0.05) is 12.1 Å². The van der Waals surface area contributed by atoms with Crippen molar-refractivity contribution in [2.45, 2.75) is 19.1 Å². The van der Waals surface area contributed by atoms with Crippen LogP contribution in [-0.2, 0) is 0 Å². The van der Waals surface area contributed by atoms with E-state index in [1.807, 2.05) is 24.4 Å². The highest BCUT2D eigenvalue weighted by molar-refractivity contribution is 7.10.